The van der Waals surface area contributed by atoms with Crippen LogP contribution in [0.2, 0.25) is 0 Å². The molecule has 1 aliphatic rings. The molecule has 1 fully saturated rings. The first kappa shape index (κ1) is 12.9. The SMILES string of the molecule is Nc1cc(OC2CCOCC2)nc(C(F)(F)F)c1. The summed E-state index contributed by atoms with van der Waals surface area (Å²) in [5.74, 6) is -0.0887. The highest BCUT2D eigenvalue weighted by atomic mass is 19.4. The minimum absolute atomic E-state index is 0.0145. The summed E-state index contributed by atoms with van der Waals surface area (Å²) < 4.78 is 48.1. The first-order chi connectivity index (χ1) is 8.45. The third-order valence-electron chi connectivity index (χ3n) is 2.57. The average molecular weight is 262 g/mol. The van der Waals surface area contributed by atoms with Crippen molar-refractivity contribution < 1.29 is 22.6 Å². The van der Waals surface area contributed by atoms with Gasteiger partial charge in [-0.3, -0.25) is 0 Å². The van der Waals surface area contributed by atoms with Crippen LogP contribution >= 0.6 is 0 Å². The molecule has 1 aromatic rings. The number of pyridine rings is 1. The van der Waals surface area contributed by atoms with E-state index in [1.165, 1.54) is 6.07 Å². The Kier molecular flexibility index (Phi) is 3.60. The van der Waals surface area contributed by atoms with E-state index in [2.05, 4.69) is 4.98 Å². The van der Waals surface area contributed by atoms with Gasteiger partial charge in [-0.25, -0.2) is 4.98 Å². The number of hydrogen-bond donors (Lipinski definition) is 1. The Balaban J connectivity index is 2.14. The fraction of sp³-hybridized carbons (Fsp3) is 0.545. The summed E-state index contributed by atoms with van der Waals surface area (Å²) in [6.07, 6.45) is -3.42. The van der Waals surface area contributed by atoms with Crippen molar-refractivity contribution in [1.29, 1.82) is 0 Å². The van der Waals surface area contributed by atoms with Crippen molar-refractivity contribution in [2.45, 2.75) is 25.1 Å². The van der Waals surface area contributed by atoms with Crippen LogP contribution in [0.5, 0.6) is 5.88 Å². The third kappa shape index (κ3) is 3.25. The van der Waals surface area contributed by atoms with Gasteiger partial charge in [0.2, 0.25) is 5.88 Å². The van der Waals surface area contributed by atoms with Gasteiger partial charge < -0.3 is 15.2 Å². The lowest BCUT2D eigenvalue weighted by Crippen LogP contribution is -2.26. The van der Waals surface area contributed by atoms with Crippen LogP contribution in [0.15, 0.2) is 12.1 Å². The fourth-order valence-corrected chi connectivity index (χ4v) is 1.70. The van der Waals surface area contributed by atoms with E-state index in [0.29, 0.717) is 26.1 Å². The zero-order chi connectivity index (χ0) is 13.2. The molecule has 0 unspecified atom stereocenters. The van der Waals surface area contributed by atoms with Gasteiger partial charge in [0, 0.05) is 24.6 Å². The van der Waals surface area contributed by atoms with Gasteiger partial charge in [-0.2, -0.15) is 13.2 Å². The van der Waals surface area contributed by atoms with E-state index >= 15 is 0 Å². The minimum atomic E-state index is -4.52. The molecule has 0 bridgehead atoms. The Hall–Kier alpha value is -1.50. The van der Waals surface area contributed by atoms with E-state index < -0.39 is 11.9 Å². The van der Waals surface area contributed by atoms with Crippen LogP contribution in [0.4, 0.5) is 18.9 Å². The molecule has 2 heterocycles. The van der Waals surface area contributed by atoms with Crippen LogP contribution in [-0.4, -0.2) is 24.3 Å². The normalized spacial score (nSPS) is 17.7. The lowest BCUT2D eigenvalue weighted by molar-refractivity contribution is -0.141. The molecule has 4 nitrogen and oxygen atoms in total. The Labute approximate surface area is 102 Å². The van der Waals surface area contributed by atoms with Crippen molar-refractivity contribution >= 4 is 5.69 Å². The topological polar surface area (TPSA) is 57.4 Å². The Bertz CT molecular complexity index is 417. The first-order valence-corrected chi connectivity index (χ1v) is 5.54. The molecule has 0 aromatic carbocycles. The average Bonchev–Trinajstić information content (AvgIpc) is 2.28. The maximum absolute atomic E-state index is 12.5. The van der Waals surface area contributed by atoms with Crippen molar-refractivity contribution in [3.8, 4) is 5.88 Å². The van der Waals surface area contributed by atoms with Crippen molar-refractivity contribution in [3.63, 3.8) is 0 Å². The molecular weight excluding hydrogens is 249 g/mol. The number of anilines is 1. The van der Waals surface area contributed by atoms with E-state index in [9.17, 15) is 13.2 Å². The van der Waals surface area contributed by atoms with E-state index in [0.717, 1.165) is 6.07 Å². The number of ether oxygens (including phenoxy) is 2. The summed E-state index contributed by atoms with van der Waals surface area (Å²) in [6, 6.07) is 2.08. The summed E-state index contributed by atoms with van der Waals surface area (Å²) in [4.78, 5) is 3.43. The van der Waals surface area contributed by atoms with E-state index in [1.807, 2.05) is 0 Å². The van der Waals surface area contributed by atoms with Crippen LogP contribution < -0.4 is 10.5 Å². The number of halogens is 3. The number of hydrogen-bond acceptors (Lipinski definition) is 4. The fourth-order valence-electron chi connectivity index (χ4n) is 1.70. The van der Waals surface area contributed by atoms with E-state index in [-0.39, 0.29) is 17.7 Å². The van der Waals surface area contributed by atoms with Crippen LogP contribution in [0.25, 0.3) is 0 Å². The molecule has 1 aliphatic heterocycles. The second kappa shape index (κ2) is 5.01. The smallest absolute Gasteiger partial charge is 0.433 e. The Morgan fingerprint density at radius 2 is 1.94 bits per heavy atom. The standard InChI is InChI=1S/C11H13F3N2O2/c12-11(13,14)9-5-7(15)6-10(16-9)18-8-1-3-17-4-2-8/h5-6,8H,1-4H2,(H2,15,16). The van der Waals surface area contributed by atoms with Crippen molar-refractivity contribution in [2.75, 3.05) is 18.9 Å². The number of alkyl halides is 3. The van der Waals surface area contributed by atoms with Gasteiger partial charge in [-0.15, -0.1) is 0 Å². The first-order valence-electron chi connectivity index (χ1n) is 5.54. The van der Waals surface area contributed by atoms with Gasteiger partial charge >= 0.3 is 6.18 Å². The summed E-state index contributed by atoms with van der Waals surface area (Å²) >= 11 is 0. The summed E-state index contributed by atoms with van der Waals surface area (Å²) in [7, 11) is 0. The van der Waals surface area contributed by atoms with E-state index in [4.69, 9.17) is 15.2 Å². The molecule has 7 heteroatoms. The largest absolute Gasteiger partial charge is 0.474 e. The highest BCUT2D eigenvalue weighted by Gasteiger charge is 2.33. The molecule has 2 rings (SSSR count). The van der Waals surface area contributed by atoms with Gasteiger partial charge in [-0.1, -0.05) is 0 Å². The molecule has 1 saturated heterocycles. The quantitative estimate of drug-likeness (QED) is 0.888. The minimum Gasteiger partial charge on any atom is -0.474 e. The molecule has 0 spiro atoms. The van der Waals surface area contributed by atoms with Crippen LogP contribution in [0, 0.1) is 0 Å². The van der Waals surface area contributed by atoms with Gasteiger partial charge in [0.15, 0.2) is 5.69 Å². The highest BCUT2D eigenvalue weighted by molar-refractivity contribution is 5.43. The molecule has 0 saturated carbocycles. The molecule has 0 aliphatic carbocycles. The molecule has 2 N–H and O–H groups in total. The van der Waals surface area contributed by atoms with Crippen molar-refractivity contribution in [1.82, 2.24) is 4.98 Å². The number of rotatable bonds is 2. The Morgan fingerprint density at radius 1 is 1.28 bits per heavy atom. The highest BCUT2D eigenvalue weighted by Crippen LogP contribution is 2.31. The summed E-state index contributed by atoms with van der Waals surface area (Å²) in [6.45, 7) is 1.08. The molecule has 100 valence electrons. The number of nitrogens with zero attached hydrogens (tertiary/aromatic N) is 1. The zero-order valence-electron chi connectivity index (χ0n) is 9.54. The molecule has 0 radical (unpaired) electrons. The number of aromatic nitrogens is 1. The lowest BCUT2D eigenvalue weighted by Gasteiger charge is -2.23. The number of nitrogen functional groups attached to an aromatic ring is 1. The third-order valence-corrected chi connectivity index (χ3v) is 2.57. The van der Waals surface area contributed by atoms with Crippen molar-refractivity contribution in [2.24, 2.45) is 0 Å². The van der Waals surface area contributed by atoms with Gasteiger partial charge in [-0.05, 0) is 6.07 Å². The van der Waals surface area contributed by atoms with Crippen LogP contribution in [0.3, 0.4) is 0 Å². The van der Waals surface area contributed by atoms with Crippen LogP contribution in [0.1, 0.15) is 18.5 Å². The molecule has 0 amide bonds. The zero-order valence-corrected chi connectivity index (χ0v) is 9.54. The molecule has 18 heavy (non-hydrogen) atoms. The summed E-state index contributed by atoms with van der Waals surface area (Å²) in [5.41, 5.74) is 4.36. The molecule has 0 atom stereocenters. The van der Waals surface area contributed by atoms with Crippen molar-refractivity contribution in [3.05, 3.63) is 17.8 Å². The monoisotopic (exact) mass is 262 g/mol. The summed E-state index contributed by atoms with van der Waals surface area (Å²) in [5, 5.41) is 0. The Morgan fingerprint density at radius 3 is 2.56 bits per heavy atom. The maximum Gasteiger partial charge on any atom is 0.433 e. The predicted molar refractivity (Wildman–Crippen MR) is 58.1 cm³/mol. The number of nitrogens with two attached hydrogens (primary N) is 1. The molecule has 1 aromatic heterocycles. The van der Waals surface area contributed by atoms with E-state index in [1.54, 1.807) is 0 Å². The second-order valence-corrected chi connectivity index (χ2v) is 4.05. The lowest BCUT2D eigenvalue weighted by atomic mass is 10.1. The van der Waals surface area contributed by atoms with Gasteiger partial charge in [0.05, 0.1) is 13.2 Å². The van der Waals surface area contributed by atoms with Crippen LogP contribution in [-0.2, 0) is 10.9 Å². The molecular formula is C11H13F3N2O2. The second-order valence-electron chi connectivity index (χ2n) is 4.05. The predicted octanol–water partition coefficient (Wildman–Crippen LogP) is 2.24. The maximum atomic E-state index is 12.5. The van der Waals surface area contributed by atoms with Gasteiger partial charge in [0.25, 0.3) is 0 Å². The van der Waals surface area contributed by atoms with Gasteiger partial charge in [0.1, 0.15) is 6.10 Å².